The second-order valence-electron chi connectivity index (χ2n) is 9.60. The molecule has 16 nitrogen and oxygen atoms in total. The van der Waals surface area contributed by atoms with Crippen LogP contribution in [-0.4, -0.2) is 76.0 Å². The Morgan fingerprint density at radius 2 is 1.73 bits per heavy atom. The lowest BCUT2D eigenvalue weighted by Gasteiger charge is -2.37. The van der Waals surface area contributed by atoms with Crippen LogP contribution in [0.15, 0.2) is 18.5 Å². The predicted molar refractivity (Wildman–Crippen MR) is 142 cm³/mol. The van der Waals surface area contributed by atoms with Crippen molar-refractivity contribution in [3.05, 3.63) is 24.2 Å². The van der Waals surface area contributed by atoms with Gasteiger partial charge in [0.15, 0.2) is 18.0 Å². The number of esters is 3. The van der Waals surface area contributed by atoms with E-state index in [0.717, 1.165) is 20.5 Å². The third-order valence-electron chi connectivity index (χ3n) is 5.89. The summed E-state index contributed by atoms with van der Waals surface area (Å²) in [5.74, 6) is -3.67. The number of rotatable bonds is 14. The first-order valence-electron chi connectivity index (χ1n) is 12.4. The van der Waals surface area contributed by atoms with E-state index < -0.39 is 67.9 Å². The van der Waals surface area contributed by atoms with E-state index in [1.54, 1.807) is 13.8 Å². The van der Waals surface area contributed by atoms with Crippen molar-refractivity contribution in [1.29, 1.82) is 5.26 Å². The highest BCUT2D eigenvalue weighted by molar-refractivity contribution is 7.50. The van der Waals surface area contributed by atoms with Crippen LogP contribution in [0, 0.1) is 23.2 Å². The van der Waals surface area contributed by atoms with Crippen LogP contribution >= 0.6 is 7.75 Å². The average molecular weight is 599 g/mol. The SMILES string of the molecule is COC(=O)[C@H](C)NP(=O)(O)OCC(C#N)(OC)[C@@H](OC(=O)C(C)C)[C@@H](OC(=O)C(C)C)c1ccc2c(N)ncnn12. The Hall–Kier alpha value is -3.61. The molecule has 41 heavy (non-hydrogen) atoms. The summed E-state index contributed by atoms with van der Waals surface area (Å²) in [6, 6.07) is 3.58. The van der Waals surface area contributed by atoms with Gasteiger partial charge in [-0.05, 0) is 19.1 Å². The van der Waals surface area contributed by atoms with Gasteiger partial charge in [0.05, 0.1) is 24.6 Å². The van der Waals surface area contributed by atoms with E-state index >= 15 is 0 Å². The highest BCUT2D eigenvalue weighted by Crippen LogP contribution is 2.42. The van der Waals surface area contributed by atoms with Gasteiger partial charge in [-0.3, -0.25) is 18.9 Å². The highest BCUT2D eigenvalue weighted by atomic mass is 31.2. The molecule has 0 aromatic carbocycles. The van der Waals surface area contributed by atoms with Gasteiger partial charge in [-0.1, -0.05) is 27.7 Å². The summed E-state index contributed by atoms with van der Waals surface area (Å²) in [5.41, 5.74) is 4.05. The van der Waals surface area contributed by atoms with Crippen molar-refractivity contribution < 1.29 is 47.3 Å². The van der Waals surface area contributed by atoms with E-state index in [1.807, 2.05) is 6.07 Å². The first-order chi connectivity index (χ1) is 19.1. The van der Waals surface area contributed by atoms with E-state index in [4.69, 9.17) is 24.5 Å². The van der Waals surface area contributed by atoms with Crippen molar-refractivity contribution in [3.8, 4) is 6.07 Å². The van der Waals surface area contributed by atoms with Gasteiger partial charge in [0, 0.05) is 7.11 Å². The number of carbonyl (C=O) groups is 3. The Morgan fingerprint density at radius 3 is 2.27 bits per heavy atom. The van der Waals surface area contributed by atoms with Crippen molar-refractivity contribution >= 4 is 37.0 Å². The molecular formula is C24H35N6O10P. The average Bonchev–Trinajstić information content (AvgIpc) is 3.36. The number of nitrogens with one attached hydrogen (secondary N) is 1. The van der Waals surface area contributed by atoms with Crippen molar-refractivity contribution in [2.24, 2.45) is 11.8 Å². The van der Waals surface area contributed by atoms with Crippen LogP contribution in [0.4, 0.5) is 5.82 Å². The minimum atomic E-state index is -4.78. The molecule has 0 aliphatic carbocycles. The van der Waals surface area contributed by atoms with E-state index in [0.29, 0.717) is 5.52 Å². The second-order valence-corrected chi connectivity index (χ2v) is 11.2. The Kier molecular flexibility index (Phi) is 11.3. The number of nitriles is 1. The molecule has 0 aliphatic rings. The molecule has 2 rings (SSSR count). The van der Waals surface area contributed by atoms with Gasteiger partial charge in [-0.15, -0.1) is 0 Å². The molecule has 0 saturated heterocycles. The van der Waals surface area contributed by atoms with Gasteiger partial charge in [-0.25, -0.2) is 19.2 Å². The molecule has 0 aliphatic heterocycles. The number of carbonyl (C=O) groups excluding carboxylic acids is 3. The molecular weight excluding hydrogens is 563 g/mol. The number of nitrogen functional groups attached to an aromatic ring is 1. The lowest BCUT2D eigenvalue weighted by Crippen LogP contribution is -2.53. The van der Waals surface area contributed by atoms with Crippen LogP contribution in [0.1, 0.15) is 46.4 Å². The molecule has 0 saturated carbocycles. The molecule has 17 heteroatoms. The lowest BCUT2D eigenvalue weighted by atomic mass is 9.92. The summed E-state index contributed by atoms with van der Waals surface area (Å²) in [4.78, 5) is 51.8. The number of aromatic nitrogens is 3. The van der Waals surface area contributed by atoms with Crippen LogP contribution in [0.5, 0.6) is 0 Å². The summed E-state index contributed by atoms with van der Waals surface area (Å²) < 4.78 is 40.7. The fourth-order valence-corrected chi connectivity index (χ4v) is 4.52. The molecule has 2 unspecified atom stereocenters. The van der Waals surface area contributed by atoms with Crippen LogP contribution in [-0.2, 0) is 42.4 Å². The van der Waals surface area contributed by atoms with E-state index in [1.165, 1.54) is 37.4 Å². The zero-order chi connectivity index (χ0) is 31.1. The Labute approximate surface area is 236 Å². The van der Waals surface area contributed by atoms with Crippen molar-refractivity contribution in [3.63, 3.8) is 0 Å². The Balaban J connectivity index is 2.69. The molecule has 2 heterocycles. The number of ether oxygens (including phenoxy) is 4. The summed E-state index contributed by atoms with van der Waals surface area (Å²) in [6.45, 7) is 6.47. The summed E-state index contributed by atoms with van der Waals surface area (Å²) in [5, 5.41) is 16.6. The number of methoxy groups -OCH3 is 2. The number of hydrogen-bond acceptors (Lipinski definition) is 13. The van der Waals surface area contributed by atoms with Crippen LogP contribution in [0.25, 0.3) is 5.52 Å². The molecule has 0 bridgehead atoms. The monoisotopic (exact) mass is 598 g/mol. The van der Waals surface area contributed by atoms with Crippen molar-refractivity contribution in [2.45, 2.75) is 58.5 Å². The van der Waals surface area contributed by atoms with E-state index in [9.17, 15) is 29.1 Å². The molecule has 226 valence electrons. The third kappa shape index (κ3) is 7.99. The fourth-order valence-electron chi connectivity index (χ4n) is 3.48. The van der Waals surface area contributed by atoms with Gasteiger partial charge >= 0.3 is 25.7 Å². The first-order valence-corrected chi connectivity index (χ1v) is 14.0. The molecule has 2 aromatic heterocycles. The summed E-state index contributed by atoms with van der Waals surface area (Å²) in [6.07, 6.45) is -2.19. The maximum absolute atomic E-state index is 12.9. The standard InChI is InChI=1S/C24H35N6O10P/c1-13(2)21(31)39-18(16-8-9-17-20(26)27-12-28-30(16)17)19(40-22(32)14(3)4)24(10-25,37-7)11-38-41(34,35)29-15(5)23(33)36-6/h8-9,12-15,18-19H,11H2,1-7H3,(H2,26,27,28)(H2,29,34,35)/t15-,18-,19-,24?/m0/s1. The lowest BCUT2D eigenvalue weighted by molar-refractivity contribution is -0.197. The Morgan fingerprint density at radius 1 is 1.12 bits per heavy atom. The fraction of sp³-hybridized carbons (Fsp3) is 0.583. The zero-order valence-electron chi connectivity index (χ0n) is 23.8. The normalized spacial score (nSPS) is 16.7. The minimum absolute atomic E-state index is 0.0875. The van der Waals surface area contributed by atoms with Gasteiger partial charge in [0.25, 0.3) is 0 Å². The first kappa shape index (κ1) is 33.6. The number of anilines is 1. The molecule has 2 aromatic rings. The molecule has 5 atom stereocenters. The minimum Gasteiger partial charge on any atom is -0.468 e. The van der Waals surface area contributed by atoms with Gasteiger partial charge < -0.3 is 29.6 Å². The van der Waals surface area contributed by atoms with Crippen LogP contribution < -0.4 is 10.8 Å². The number of nitrogens with zero attached hydrogens (tertiary/aromatic N) is 4. The second kappa shape index (κ2) is 13.8. The van der Waals surface area contributed by atoms with Gasteiger partial charge in [-0.2, -0.15) is 10.4 Å². The summed E-state index contributed by atoms with van der Waals surface area (Å²) in [7, 11) is -2.62. The molecule has 0 radical (unpaired) electrons. The van der Waals surface area contributed by atoms with Gasteiger partial charge in [0.2, 0.25) is 5.60 Å². The maximum atomic E-state index is 12.9. The number of nitrogens with two attached hydrogens (primary N) is 1. The predicted octanol–water partition coefficient (Wildman–Crippen LogP) is 1.30. The van der Waals surface area contributed by atoms with Gasteiger partial charge in [0.1, 0.15) is 30.6 Å². The van der Waals surface area contributed by atoms with Crippen LogP contribution in [0.2, 0.25) is 0 Å². The number of fused-ring (bicyclic) bond motifs is 1. The maximum Gasteiger partial charge on any atom is 0.403 e. The zero-order valence-corrected chi connectivity index (χ0v) is 24.7. The largest absolute Gasteiger partial charge is 0.468 e. The third-order valence-corrected chi connectivity index (χ3v) is 7.08. The topological polar surface area (TPSA) is 227 Å². The molecule has 0 amide bonds. The molecule has 4 N–H and O–H groups in total. The van der Waals surface area contributed by atoms with Crippen molar-refractivity contribution in [2.75, 3.05) is 26.6 Å². The highest BCUT2D eigenvalue weighted by Gasteiger charge is 2.52. The van der Waals surface area contributed by atoms with E-state index in [-0.39, 0.29) is 11.5 Å². The van der Waals surface area contributed by atoms with Crippen molar-refractivity contribution in [1.82, 2.24) is 19.7 Å². The van der Waals surface area contributed by atoms with Crippen LogP contribution in [0.3, 0.4) is 0 Å². The van der Waals surface area contributed by atoms with E-state index in [2.05, 4.69) is 19.9 Å². The quantitative estimate of drug-likeness (QED) is 0.158. The molecule has 0 fully saturated rings. The Bertz CT molecular complexity index is 1340. The molecule has 0 spiro atoms. The summed E-state index contributed by atoms with van der Waals surface area (Å²) >= 11 is 0. The smallest absolute Gasteiger partial charge is 0.403 e. The number of hydrogen-bond donors (Lipinski definition) is 3.